The van der Waals surface area contributed by atoms with Crippen LogP contribution in [0.15, 0.2) is 6.33 Å². The Morgan fingerprint density at radius 2 is 2.55 bits per heavy atom. The number of thiophene rings is 1. The molecule has 0 aliphatic carbocycles. The molecule has 0 fully saturated rings. The molecule has 0 aromatic carbocycles. The summed E-state index contributed by atoms with van der Waals surface area (Å²) in [5, 5.41) is 26.5. The molecule has 1 aliphatic rings. The van der Waals surface area contributed by atoms with E-state index in [1.165, 1.54) is 22.3 Å². The van der Waals surface area contributed by atoms with Crippen molar-refractivity contribution in [1.29, 1.82) is 5.26 Å². The second-order valence-electron chi connectivity index (χ2n) is 4.30. The van der Waals surface area contributed by atoms with Crippen LogP contribution in [0.4, 0.5) is 5.00 Å². The fourth-order valence-corrected chi connectivity index (χ4v) is 3.29. The fourth-order valence-electron chi connectivity index (χ4n) is 2.11. The summed E-state index contributed by atoms with van der Waals surface area (Å²) in [5.74, 6) is -0.250. The number of carbonyl (C=O) groups is 1. The normalized spacial score (nSPS) is 13.6. The molecule has 1 amide bonds. The molecule has 0 bridgehead atoms. The number of fused-ring (bicyclic) bond motifs is 1. The Hall–Kier alpha value is -2.31. The minimum Gasteiger partial charge on any atom is -0.315 e. The summed E-state index contributed by atoms with van der Waals surface area (Å²) in [6.07, 6.45) is 2.19. The number of nitrogens with zero attached hydrogens (tertiary/aromatic N) is 5. The number of hydrogen-bond acceptors (Lipinski definition) is 7. The zero-order chi connectivity index (χ0) is 13.9. The van der Waals surface area contributed by atoms with E-state index in [4.69, 9.17) is 0 Å². The predicted octanol–water partition coefficient (Wildman–Crippen LogP) is -0.109. The van der Waals surface area contributed by atoms with E-state index in [9.17, 15) is 10.1 Å². The van der Waals surface area contributed by atoms with Gasteiger partial charge in [-0.1, -0.05) is 0 Å². The summed E-state index contributed by atoms with van der Waals surface area (Å²) in [4.78, 5) is 13.0. The summed E-state index contributed by atoms with van der Waals surface area (Å²) in [5.41, 5.74) is 1.63. The van der Waals surface area contributed by atoms with Crippen LogP contribution >= 0.6 is 11.3 Å². The zero-order valence-corrected chi connectivity index (χ0v) is 11.3. The SMILES string of the molecule is N#Cc1c(NC(=O)Cn2cnnn2)sc2c1CCNC2. The van der Waals surface area contributed by atoms with Gasteiger partial charge in [0, 0.05) is 11.4 Å². The van der Waals surface area contributed by atoms with Crippen molar-refractivity contribution < 1.29 is 4.79 Å². The average Bonchev–Trinajstić information content (AvgIpc) is 3.05. The van der Waals surface area contributed by atoms with Crippen LogP contribution in [0.1, 0.15) is 16.0 Å². The molecule has 2 aromatic rings. The lowest BCUT2D eigenvalue weighted by atomic mass is 10.1. The molecule has 0 saturated heterocycles. The molecule has 0 radical (unpaired) electrons. The van der Waals surface area contributed by atoms with Gasteiger partial charge in [0.15, 0.2) is 0 Å². The highest BCUT2D eigenvalue weighted by atomic mass is 32.1. The lowest BCUT2D eigenvalue weighted by molar-refractivity contribution is -0.116. The molecular weight excluding hydrogens is 278 g/mol. The largest absolute Gasteiger partial charge is 0.315 e. The summed E-state index contributed by atoms with van der Waals surface area (Å²) in [6.45, 7) is 1.63. The van der Waals surface area contributed by atoms with E-state index in [1.54, 1.807) is 0 Å². The lowest BCUT2D eigenvalue weighted by Crippen LogP contribution is -2.22. The highest BCUT2D eigenvalue weighted by Crippen LogP contribution is 2.34. The molecule has 0 saturated carbocycles. The number of carbonyl (C=O) groups excluding carboxylic acids is 1. The van der Waals surface area contributed by atoms with Gasteiger partial charge in [-0.2, -0.15) is 5.26 Å². The first-order chi connectivity index (χ1) is 9.78. The van der Waals surface area contributed by atoms with Gasteiger partial charge in [0.05, 0.1) is 5.56 Å². The number of tetrazole rings is 1. The van der Waals surface area contributed by atoms with Gasteiger partial charge in [-0.05, 0) is 29.0 Å². The first-order valence-corrected chi connectivity index (χ1v) is 6.85. The molecule has 0 unspecified atom stereocenters. The highest BCUT2D eigenvalue weighted by Gasteiger charge is 2.21. The Morgan fingerprint density at radius 1 is 1.65 bits per heavy atom. The van der Waals surface area contributed by atoms with Crippen molar-refractivity contribution in [2.24, 2.45) is 0 Å². The monoisotopic (exact) mass is 289 g/mol. The zero-order valence-electron chi connectivity index (χ0n) is 10.5. The number of amides is 1. The maximum atomic E-state index is 11.9. The molecular formula is C11H11N7OS. The Balaban J connectivity index is 1.79. The van der Waals surface area contributed by atoms with E-state index in [1.807, 2.05) is 0 Å². The van der Waals surface area contributed by atoms with E-state index in [0.717, 1.165) is 30.0 Å². The standard InChI is InChI=1S/C11H11N7OS/c12-3-8-7-1-2-13-4-9(7)20-11(8)15-10(19)5-18-6-14-16-17-18/h6,13H,1-2,4-5H2,(H,15,19). The van der Waals surface area contributed by atoms with Gasteiger partial charge in [-0.15, -0.1) is 16.4 Å². The number of nitriles is 1. The first-order valence-electron chi connectivity index (χ1n) is 6.04. The van der Waals surface area contributed by atoms with E-state index in [-0.39, 0.29) is 12.5 Å². The molecule has 8 nitrogen and oxygen atoms in total. The lowest BCUT2D eigenvalue weighted by Gasteiger charge is -2.11. The maximum absolute atomic E-state index is 11.9. The van der Waals surface area contributed by atoms with Crippen LogP contribution in [0, 0.1) is 11.3 Å². The van der Waals surface area contributed by atoms with Crippen molar-refractivity contribution in [1.82, 2.24) is 25.5 Å². The number of rotatable bonds is 3. The molecule has 2 aromatic heterocycles. The minimum absolute atomic E-state index is 0.0265. The minimum atomic E-state index is -0.250. The van der Waals surface area contributed by atoms with Crippen LogP contribution in [0.3, 0.4) is 0 Å². The molecule has 9 heteroatoms. The van der Waals surface area contributed by atoms with Crippen LogP contribution in [-0.2, 0) is 24.3 Å². The van der Waals surface area contributed by atoms with E-state index >= 15 is 0 Å². The van der Waals surface area contributed by atoms with Gasteiger partial charge in [-0.3, -0.25) is 4.79 Å². The number of nitrogens with one attached hydrogen (secondary N) is 2. The second-order valence-corrected chi connectivity index (χ2v) is 5.41. The Morgan fingerprint density at radius 3 is 3.30 bits per heavy atom. The van der Waals surface area contributed by atoms with Gasteiger partial charge in [0.1, 0.15) is 23.9 Å². The molecule has 2 N–H and O–H groups in total. The van der Waals surface area contributed by atoms with Gasteiger partial charge >= 0.3 is 0 Å². The quantitative estimate of drug-likeness (QED) is 0.816. The summed E-state index contributed by atoms with van der Waals surface area (Å²) >= 11 is 1.45. The third-order valence-electron chi connectivity index (χ3n) is 2.99. The van der Waals surface area contributed by atoms with E-state index in [2.05, 4.69) is 32.2 Å². The average molecular weight is 289 g/mol. The molecule has 3 heterocycles. The predicted molar refractivity (Wildman–Crippen MR) is 70.9 cm³/mol. The van der Waals surface area contributed by atoms with Crippen molar-refractivity contribution in [3.63, 3.8) is 0 Å². The van der Waals surface area contributed by atoms with Crippen LogP contribution in [0.2, 0.25) is 0 Å². The van der Waals surface area contributed by atoms with E-state index < -0.39 is 0 Å². The summed E-state index contributed by atoms with van der Waals surface area (Å²) in [7, 11) is 0. The van der Waals surface area contributed by atoms with Gasteiger partial charge < -0.3 is 10.6 Å². The molecule has 1 aliphatic heterocycles. The number of anilines is 1. The summed E-state index contributed by atoms with van der Waals surface area (Å²) < 4.78 is 1.33. The van der Waals surface area contributed by atoms with Crippen LogP contribution in [0.25, 0.3) is 0 Å². The molecule has 3 rings (SSSR count). The van der Waals surface area contributed by atoms with Crippen molar-refractivity contribution in [2.45, 2.75) is 19.5 Å². The van der Waals surface area contributed by atoms with Crippen molar-refractivity contribution in [2.75, 3.05) is 11.9 Å². The fraction of sp³-hybridized carbons (Fsp3) is 0.364. The third kappa shape index (κ3) is 2.38. The Bertz CT molecular complexity index is 670. The topological polar surface area (TPSA) is 109 Å². The first kappa shape index (κ1) is 12.7. The van der Waals surface area contributed by atoms with Crippen LogP contribution in [-0.4, -0.2) is 32.7 Å². The molecule has 102 valence electrons. The van der Waals surface area contributed by atoms with Crippen molar-refractivity contribution >= 4 is 22.2 Å². The Kier molecular flexibility index (Phi) is 3.41. The smallest absolute Gasteiger partial charge is 0.246 e. The third-order valence-corrected chi connectivity index (χ3v) is 4.14. The summed E-state index contributed by atoms with van der Waals surface area (Å²) in [6, 6.07) is 2.19. The van der Waals surface area contributed by atoms with Crippen molar-refractivity contribution in [3.8, 4) is 6.07 Å². The van der Waals surface area contributed by atoms with Crippen molar-refractivity contribution in [3.05, 3.63) is 22.3 Å². The van der Waals surface area contributed by atoms with Gasteiger partial charge in [0.2, 0.25) is 5.91 Å². The highest BCUT2D eigenvalue weighted by molar-refractivity contribution is 7.16. The van der Waals surface area contributed by atoms with Gasteiger partial charge in [0.25, 0.3) is 0 Å². The van der Waals surface area contributed by atoms with Gasteiger partial charge in [-0.25, -0.2) is 4.68 Å². The number of aromatic nitrogens is 4. The molecule has 20 heavy (non-hydrogen) atoms. The molecule has 0 atom stereocenters. The number of hydrogen-bond donors (Lipinski definition) is 2. The second kappa shape index (κ2) is 5.36. The Labute approximate surface area is 118 Å². The van der Waals surface area contributed by atoms with Crippen LogP contribution < -0.4 is 10.6 Å². The van der Waals surface area contributed by atoms with E-state index in [0.29, 0.717) is 10.6 Å². The van der Waals surface area contributed by atoms with Crippen LogP contribution in [0.5, 0.6) is 0 Å². The molecule has 0 spiro atoms. The maximum Gasteiger partial charge on any atom is 0.246 e.